The van der Waals surface area contributed by atoms with E-state index in [9.17, 15) is 14.4 Å². The summed E-state index contributed by atoms with van der Waals surface area (Å²) in [6.07, 6.45) is -0.997. The number of hydrogen-bond donors (Lipinski definition) is 1. The molecule has 2 aromatic rings. The van der Waals surface area contributed by atoms with E-state index in [0.717, 1.165) is 0 Å². The molecule has 0 spiro atoms. The van der Waals surface area contributed by atoms with Crippen molar-refractivity contribution in [3.63, 3.8) is 0 Å². The number of halogens is 2. The van der Waals surface area contributed by atoms with Crippen LogP contribution in [0.1, 0.15) is 27.6 Å². The topological polar surface area (TPSA) is 75.7 Å². The van der Waals surface area contributed by atoms with Crippen LogP contribution in [0.4, 0.5) is 0 Å². The van der Waals surface area contributed by atoms with Gasteiger partial charge in [0.2, 0.25) is 0 Å². The lowest BCUT2D eigenvalue weighted by Crippen LogP contribution is -2.50. The number of nitrogens with one attached hydrogen (secondary N) is 1. The zero-order chi connectivity index (χ0) is 18.1. The van der Waals surface area contributed by atoms with E-state index in [2.05, 4.69) is 5.43 Å². The molecule has 1 aliphatic rings. The Bertz CT molecular complexity index is 850. The Balaban J connectivity index is 1.70. The first kappa shape index (κ1) is 17.3. The van der Waals surface area contributed by atoms with Gasteiger partial charge in [-0.1, -0.05) is 35.3 Å². The highest BCUT2D eigenvalue weighted by Crippen LogP contribution is 2.28. The molecule has 1 aliphatic heterocycles. The molecule has 0 saturated heterocycles. The standard InChI is InChI=1S/C17H12Cl2N2O4/c1-9(25-14-7-6-10(18)8-13(14)19)15(22)20-21-16(23)11-4-2-3-5-12(11)17(21)24/h2-9H,1H3,(H,20,22)/t9-/m1/s1. The molecule has 2 aromatic carbocycles. The number of fused-ring (bicyclic) bond motifs is 1. The van der Waals surface area contributed by atoms with Gasteiger partial charge in [-0.2, -0.15) is 5.01 Å². The Morgan fingerprint density at radius 2 is 1.68 bits per heavy atom. The van der Waals surface area contributed by atoms with Crippen LogP contribution < -0.4 is 10.2 Å². The monoisotopic (exact) mass is 378 g/mol. The average Bonchev–Trinajstić information content (AvgIpc) is 2.82. The van der Waals surface area contributed by atoms with Gasteiger partial charge in [0.1, 0.15) is 5.75 Å². The Morgan fingerprint density at radius 3 is 2.24 bits per heavy atom. The zero-order valence-electron chi connectivity index (χ0n) is 13.0. The number of ether oxygens (including phenoxy) is 1. The van der Waals surface area contributed by atoms with Crippen LogP contribution in [0.15, 0.2) is 42.5 Å². The van der Waals surface area contributed by atoms with Gasteiger partial charge in [-0.3, -0.25) is 19.8 Å². The molecular weight excluding hydrogens is 367 g/mol. The summed E-state index contributed by atoms with van der Waals surface area (Å²) in [5.41, 5.74) is 2.75. The third-order valence-corrected chi connectivity index (χ3v) is 4.11. The SMILES string of the molecule is C[C@@H](Oc1ccc(Cl)cc1Cl)C(=O)NN1C(=O)c2ccccc2C1=O. The molecule has 0 bridgehead atoms. The summed E-state index contributed by atoms with van der Waals surface area (Å²) in [5, 5.41) is 1.35. The van der Waals surface area contributed by atoms with Gasteiger partial charge in [-0.05, 0) is 37.3 Å². The van der Waals surface area contributed by atoms with Crippen molar-refractivity contribution >= 4 is 40.9 Å². The maximum absolute atomic E-state index is 12.3. The average molecular weight is 379 g/mol. The lowest BCUT2D eigenvalue weighted by Gasteiger charge is -2.19. The number of benzene rings is 2. The molecule has 128 valence electrons. The fraction of sp³-hybridized carbons (Fsp3) is 0.118. The van der Waals surface area contributed by atoms with Crippen LogP contribution in [0.3, 0.4) is 0 Å². The predicted molar refractivity (Wildman–Crippen MR) is 91.6 cm³/mol. The number of rotatable bonds is 4. The van der Waals surface area contributed by atoms with Gasteiger partial charge in [-0.15, -0.1) is 0 Å². The molecule has 3 rings (SSSR count). The molecule has 0 aromatic heterocycles. The summed E-state index contributed by atoms with van der Waals surface area (Å²) >= 11 is 11.8. The van der Waals surface area contributed by atoms with Crippen LogP contribution in [-0.4, -0.2) is 28.8 Å². The largest absolute Gasteiger partial charge is 0.479 e. The second-order valence-electron chi connectivity index (χ2n) is 5.30. The van der Waals surface area contributed by atoms with Crippen molar-refractivity contribution in [2.45, 2.75) is 13.0 Å². The van der Waals surface area contributed by atoms with Crippen LogP contribution in [0.5, 0.6) is 5.75 Å². The molecule has 1 N–H and O–H groups in total. The van der Waals surface area contributed by atoms with Crippen molar-refractivity contribution in [2.75, 3.05) is 0 Å². The normalized spacial score (nSPS) is 14.3. The predicted octanol–water partition coefficient (Wildman–Crippen LogP) is 3.09. The van der Waals surface area contributed by atoms with Crippen LogP contribution in [0.25, 0.3) is 0 Å². The lowest BCUT2D eigenvalue weighted by molar-refractivity contribution is -0.130. The van der Waals surface area contributed by atoms with E-state index < -0.39 is 23.8 Å². The van der Waals surface area contributed by atoms with Crippen LogP contribution in [0, 0.1) is 0 Å². The van der Waals surface area contributed by atoms with Gasteiger partial charge < -0.3 is 4.74 Å². The fourth-order valence-corrected chi connectivity index (χ4v) is 2.76. The highest BCUT2D eigenvalue weighted by Gasteiger charge is 2.37. The van der Waals surface area contributed by atoms with E-state index in [1.807, 2.05) is 0 Å². The number of carbonyl (C=O) groups is 3. The van der Waals surface area contributed by atoms with Gasteiger partial charge in [0.05, 0.1) is 16.1 Å². The van der Waals surface area contributed by atoms with Gasteiger partial charge in [0, 0.05) is 5.02 Å². The van der Waals surface area contributed by atoms with E-state index in [4.69, 9.17) is 27.9 Å². The number of amides is 3. The van der Waals surface area contributed by atoms with Gasteiger partial charge in [0.15, 0.2) is 6.10 Å². The molecule has 0 aliphatic carbocycles. The molecule has 1 atom stereocenters. The minimum Gasteiger partial charge on any atom is -0.479 e. The number of hydrogen-bond acceptors (Lipinski definition) is 4. The molecule has 0 fully saturated rings. The summed E-state index contributed by atoms with van der Waals surface area (Å²) < 4.78 is 5.47. The second kappa shape index (κ2) is 6.74. The molecule has 8 heteroatoms. The fourth-order valence-electron chi connectivity index (χ4n) is 2.31. The third kappa shape index (κ3) is 3.31. The van der Waals surface area contributed by atoms with Gasteiger partial charge in [0.25, 0.3) is 17.7 Å². The number of imide groups is 1. The quantitative estimate of drug-likeness (QED) is 0.829. The van der Waals surface area contributed by atoms with Crippen LogP contribution in [-0.2, 0) is 4.79 Å². The molecular formula is C17H12Cl2N2O4. The number of nitrogens with zero attached hydrogens (tertiary/aromatic N) is 1. The molecule has 1 heterocycles. The first-order valence-electron chi connectivity index (χ1n) is 7.28. The smallest absolute Gasteiger partial charge is 0.280 e. The third-order valence-electron chi connectivity index (χ3n) is 3.58. The lowest BCUT2D eigenvalue weighted by atomic mass is 10.1. The number of carbonyl (C=O) groups excluding carboxylic acids is 3. The van der Waals surface area contributed by atoms with Crippen molar-refractivity contribution in [1.82, 2.24) is 10.4 Å². The van der Waals surface area contributed by atoms with E-state index in [-0.39, 0.29) is 21.9 Å². The molecule has 25 heavy (non-hydrogen) atoms. The van der Waals surface area contributed by atoms with Crippen molar-refractivity contribution in [3.8, 4) is 5.75 Å². The van der Waals surface area contributed by atoms with E-state index >= 15 is 0 Å². The van der Waals surface area contributed by atoms with Crippen molar-refractivity contribution in [3.05, 3.63) is 63.6 Å². The van der Waals surface area contributed by atoms with Crippen molar-refractivity contribution in [1.29, 1.82) is 0 Å². The summed E-state index contributed by atoms with van der Waals surface area (Å²) in [6, 6.07) is 10.9. The van der Waals surface area contributed by atoms with E-state index in [1.54, 1.807) is 18.2 Å². The first-order chi connectivity index (χ1) is 11.9. The molecule has 0 saturated carbocycles. The summed E-state index contributed by atoms with van der Waals surface area (Å²) in [6.45, 7) is 1.47. The summed E-state index contributed by atoms with van der Waals surface area (Å²) in [5.74, 6) is -1.59. The van der Waals surface area contributed by atoms with Crippen LogP contribution in [0.2, 0.25) is 10.0 Å². The molecule has 0 radical (unpaired) electrons. The molecule has 0 unspecified atom stereocenters. The second-order valence-corrected chi connectivity index (χ2v) is 6.15. The van der Waals surface area contributed by atoms with E-state index in [1.165, 1.54) is 31.2 Å². The maximum atomic E-state index is 12.3. The Morgan fingerprint density at radius 1 is 1.08 bits per heavy atom. The minimum absolute atomic E-state index is 0.238. The summed E-state index contributed by atoms with van der Waals surface area (Å²) in [7, 11) is 0. The molecule has 6 nitrogen and oxygen atoms in total. The Kier molecular flexibility index (Phi) is 4.65. The minimum atomic E-state index is -0.997. The Labute approximate surface area is 153 Å². The highest BCUT2D eigenvalue weighted by atomic mass is 35.5. The maximum Gasteiger partial charge on any atom is 0.280 e. The van der Waals surface area contributed by atoms with E-state index in [0.29, 0.717) is 10.0 Å². The van der Waals surface area contributed by atoms with Crippen molar-refractivity contribution in [2.24, 2.45) is 0 Å². The highest BCUT2D eigenvalue weighted by molar-refractivity contribution is 6.35. The van der Waals surface area contributed by atoms with Crippen LogP contribution >= 0.6 is 23.2 Å². The Hall–Kier alpha value is -2.57. The number of hydrazine groups is 1. The first-order valence-corrected chi connectivity index (χ1v) is 8.04. The van der Waals surface area contributed by atoms with Crippen molar-refractivity contribution < 1.29 is 19.1 Å². The van der Waals surface area contributed by atoms with Gasteiger partial charge in [-0.25, -0.2) is 0 Å². The molecule has 3 amide bonds. The zero-order valence-corrected chi connectivity index (χ0v) is 14.5. The van der Waals surface area contributed by atoms with Gasteiger partial charge >= 0.3 is 0 Å². The summed E-state index contributed by atoms with van der Waals surface area (Å²) in [4.78, 5) is 36.7.